The Labute approximate surface area is 120 Å². The van der Waals surface area contributed by atoms with Crippen molar-refractivity contribution in [1.29, 1.82) is 0 Å². The van der Waals surface area contributed by atoms with E-state index in [4.69, 9.17) is 10.5 Å². The molecule has 0 fully saturated rings. The average molecular weight is 270 g/mol. The zero-order valence-corrected chi connectivity index (χ0v) is 12.3. The molecule has 0 spiro atoms. The molecule has 106 valence electrons. The van der Waals surface area contributed by atoms with Crippen molar-refractivity contribution in [2.45, 2.75) is 32.3 Å². The van der Waals surface area contributed by atoms with Gasteiger partial charge in [-0.3, -0.25) is 4.98 Å². The van der Waals surface area contributed by atoms with Gasteiger partial charge < -0.3 is 10.5 Å². The van der Waals surface area contributed by atoms with Crippen LogP contribution in [0.4, 0.5) is 0 Å². The minimum absolute atomic E-state index is 0.146. The Bertz CT molecular complexity index is 529. The number of ether oxygens (including phenoxy) is 1. The van der Waals surface area contributed by atoms with Crippen molar-refractivity contribution in [2.75, 3.05) is 6.54 Å². The highest BCUT2D eigenvalue weighted by atomic mass is 16.5. The fraction of sp³-hybridized carbons (Fsp3) is 0.353. The molecule has 0 saturated heterocycles. The fourth-order valence-corrected chi connectivity index (χ4v) is 1.99. The summed E-state index contributed by atoms with van der Waals surface area (Å²) in [5, 5.41) is 0. The summed E-state index contributed by atoms with van der Waals surface area (Å²) >= 11 is 0. The van der Waals surface area contributed by atoms with E-state index >= 15 is 0 Å². The number of benzene rings is 1. The van der Waals surface area contributed by atoms with Gasteiger partial charge in [-0.1, -0.05) is 39.0 Å². The Hall–Kier alpha value is -1.87. The van der Waals surface area contributed by atoms with Crippen LogP contribution in [0.1, 0.15) is 38.1 Å². The van der Waals surface area contributed by atoms with Crippen LogP contribution in [0.3, 0.4) is 0 Å². The van der Waals surface area contributed by atoms with Crippen LogP contribution in [0, 0.1) is 0 Å². The Morgan fingerprint density at radius 3 is 2.30 bits per heavy atom. The molecule has 3 heteroatoms. The lowest BCUT2D eigenvalue weighted by molar-refractivity contribution is 0.209. The normalized spacial score (nSPS) is 13.0. The number of nitrogens with zero attached hydrogens (tertiary/aromatic N) is 1. The maximum atomic E-state index is 5.93. The molecule has 0 aliphatic rings. The van der Waals surface area contributed by atoms with Crippen LogP contribution in [0.5, 0.6) is 5.75 Å². The predicted molar refractivity (Wildman–Crippen MR) is 81.8 cm³/mol. The highest BCUT2D eigenvalue weighted by Gasteiger charge is 2.15. The monoisotopic (exact) mass is 270 g/mol. The molecule has 0 aliphatic carbocycles. The summed E-state index contributed by atoms with van der Waals surface area (Å²) in [5.41, 5.74) is 8.07. The van der Waals surface area contributed by atoms with E-state index in [2.05, 4.69) is 37.9 Å². The molecule has 0 aliphatic heterocycles. The molecule has 1 unspecified atom stereocenters. The largest absolute Gasteiger partial charge is 0.483 e. The van der Waals surface area contributed by atoms with Gasteiger partial charge in [0.2, 0.25) is 0 Å². The second-order valence-corrected chi connectivity index (χ2v) is 5.87. The summed E-state index contributed by atoms with van der Waals surface area (Å²) in [5.74, 6) is 0.819. The molecule has 0 saturated carbocycles. The first-order valence-electron chi connectivity index (χ1n) is 6.89. The van der Waals surface area contributed by atoms with Gasteiger partial charge in [-0.2, -0.15) is 0 Å². The third-order valence-electron chi connectivity index (χ3n) is 3.23. The SMILES string of the molecule is CC(C)(C)c1ccc(OC(CN)c2ccccn2)cc1. The number of nitrogens with two attached hydrogens (primary N) is 1. The Balaban J connectivity index is 2.13. The van der Waals surface area contributed by atoms with E-state index in [0.29, 0.717) is 6.54 Å². The minimum atomic E-state index is -0.211. The first-order chi connectivity index (χ1) is 9.50. The van der Waals surface area contributed by atoms with E-state index in [1.165, 1.54) is 5.56 Å². The van der Waals surface area contributed by atoms with Gasteiger partial charge in [-0.25, -0.2) is 0 Å². The highest BCUT2D eigenvalue weighted by Crippen LogP contribution is 2.26. The van der Waals surface area contributed by atoms with Crippen LogP contribution >= 0.6 is 0 Å². The highest BCUT2D eigenvalue weighted by molar-refractivity contribution is 5.31. The van der Waals surface area contributed by atoms with Gasteiger partial charge in [0.25, 0.3) is 0 Å². The van der Waals surface area contributed by atoms with Gasteiger partial charge >= 0.3 is 0 Å². The van der Waals surface area contributed by atoms with Gasteiger partial charge in [0, 0.05) is 12.7 Å². The first kappa shape index (κ1) is 14.5. The third kappa shape index (κ3) is 3.58. The molecule has 0 bridgehead atoms. The summed E-state index contributed by atoms with van der Waals surface area (Å²) in [6.45, 7) is 6.98. The molecule has 2 aromatic rings. The van der Waals surface area contributed by atoms with E-state index in [1.54, 1.807) is 6.20 Å². The van der Waals surface area contributed by atoms with Crippen molar-refractivity contribution in [3.8, 4) is 5.75 Å². The van der Waals surface area contributed by atoms with Crippen molar-refractivity contribution < 1.29 is 4.74 Å². The Morgan fingerprint density at radius 2 is 1.80 bits per heavy atom. The molecular formula is C17H22N2O. The van der Waals surface area contributed by atoms with E-state index in [1.807, 2.05) is 30.3 Å². The van der Waals surface area contributed by atoms with E-state index < -0.39 is 0 Å². The smallest absolute Gasteiger partial charge is 0.153 e. The minimum Gasteiger partial charge on any atom is -0.483 e. The molecule has 0 radical (unpaired) electrons. The molecule has 2 rings (SSSR count). The number of rotatable bonds is 4. The molecule has 1 aromatic heterocycles. The fourth-order valence-electron chi connectivity index (χ4n) is 1.99. The summed E-state index contributed by atoms with van der Waals surface area (Å²) in [6.07, 6.45) is 1.54. The van der Waals surface area contributed by atoms with Crippen molar-refractivity contribution in [2.24, 2.45) is 5.73 Å². The van der Waals surface area contributed by atoms with E-state index in [-0.39, 0.29) is 11.5 Å². The topological polar surface area (TPSA) is 48.1 Å². The zero-order chi connectivity index (χ0) is 14.6. The lowest BCUT2D eigenvalue weighted by Gasteiger charge is -2.21. The first-order valence-corrected chi connectivity index (χ1v) is 6.89. The van der Waals surface area contributed by atoms with Gasteiger partial charge in [0.1, 0.15) is 5.75 Å². The van der Waals surface area contributed by atoms with Crippen LogP contribution in [0.25, 0.3) is 0 Å². The lowest BCUT2D eigenvalue weighted by atomic mass is 9.87. The Kier molecular flexibility index (Phi) is 4.40. The lowest BCUT2D eigenvalue weighted by Crippen LogP contribution is -2.19. The van der Waals surface area contributed by atoms with Crippen molar-refractivity contribution in [1.82, 2.24) is 4.98 Å². The molecule has 2 N–H and O–H groups in total. The number of aromatic nitrogens is 1. The van der Waals surface area contributed by atoms with E-state index in [9.17, 15) is 0 Å². The second kappa shape index (κ2) is 6.06. The molecular weight excluding hydrogens is 248 g/mol. The van der Waals surface area contributed by atoms with Crippen LogP contribution in [-0.2, 0) is 5.41 Å². The molecule has 1 heterocycles. The maximum Gasteiger partial charge on any atom is 0.153 e. The van der Waals surface area contributed by atoms with E-state index in [0.717, 1.165) is 11.4 Å². The number of hydrogen-bond donors (Lipinski definition) is 1. The summed E-state index contributed by atoms with van der Waals surface area (Å²) in [4.78, 5) is 4.30. The maximum absolute atomic E-state index is 5.93. The predicted octanol–water partition coefficient (Wildman–Crippen LogP) is 3.46. The van der Waals surface area contributed by atoms with Crippen LogP contribution < -0.4 is 10.5 Å². The summed E-state index contributed by atoms with van der Waals surface area (Å²) < 4.78 is 5.93. The van der Waals surface area contributed by atoms with Crippen LogP contribution in [0.2, 0.25) is 0 Å². The van der Waals surface area contributed by atoms with Gasteiger partial charge in [0.15, 0.2) is 6.10 Å². The standard InChI is InChI=1S/C17H22N2O/c1-17(2,3)13-7-9-14(10-8-13)20-16(12-18)15-6-4-5-11-19-15/h4-11,16H,12,18H2,1-3H3. The zero-order valence-electron chi connectivity index (χ0n) is 12.3. The molecule has 20 heavy (non-hydrogen) atoms. The summed E-state index contributed by atoms with van der Waals surface area (Å²) in [7, 11) is 0. The van der Waals surface area contributed by atoms with Crippen molar-refractivity contribution >= 4 is 0 Å². The number of pyridine rings is 1. The molecule has 1 aromatic carbocycles. The van der Waals surface area contributed by atoms with Gasteiger partial charge in [-0.05, 0) is 35.2 Å². The Morgan fingerprint density at radius 1 is 1.10 bits per heavy atom. The van der Waals surface area contributed by atoms with Crippen molar-refractivity contribution in [3.63, 3.8) is 0 Å². The third-order valence-corrected chi connectivity index (χ3v) is 3.23. The quantitative estimate of drug-likeness (QED) is 0.925. The van der Waals surface area contributed by atoms with Crippen LogP contribution in [-0.4, -0.2) is 11.5 Å². The summed E-state index contributed by atoms with van der Waals surface area (Å²) in [6, 6.07) is 13.9. The van der Waals surface area contributed by atoms with Crippen LogP contribution in [0.15, 0.2) is 48.7 Å². The van der Waals surface area contributed by atoms with Gasteiger partial charge in [0.05, 0.1) is 5.69 Å². The number of hydrogen-bond acceptors (Lipinski definition) is 3. The molecule has 0 amide bonds. The molecule has 1 atom stereocenters. The molecule has 3 nitrogen and oxygen atoms in total. The van der Waals surface area contributed by atoms with Gasteiger partial charge in [-0.15, -0.1) is 0 Å². The van der Waals surface area contributed by atoms with Crippen molar-refractivity contribution in [3.05, 3.63) is 59.9 Å². The second-order valence-electron chi connectivity index (χ2n) is 5.87. The average Bonchev–Trinajstić information content (AvgIpc) is 2.45.